The van der Waals surface area contributed by atoms with Gasteiger partial charge in [-0.3, -0.25) is 0 Å². The fourth-order valence-electron chi connectivity index (χ4n) is 6.04. The first-order chi connectivity index (χ1) is 13.1. The molecule has 0 aromatic heterocycles. The lowest BCUT2D eigenvalue weighted by molar-refractivity contribution is -0.112. The van der Waals surface area contributed by atoms with Gasteiger partial charge >= 0.3 is 0 Å². The van der Waals surface area contributed by atoms with E-state index < -0.39 is 5.60 Å². The molecule has 4 rings (SSSR count). The fraction of sp³-hybridized carbons (Fsp3) is 0.739. The molecule has 29 heavy (non-hydrogen) atoms. The van der Waals surface area contributed by atoms with Gasteiger partial charge < -0.3 is 14.9 Å². The number of likely N-dealkylation sites (N-methyl/N-ethyl adjacent to an activating group) is 1. The molecule has 2 saturated carbocycles. The van der Waals surface area contributed by atoms with E-state index in [1.165, 1.54) is 37.7 Å². The Bertz CT molecular complexity index is 636. The SMILES string of the molecule is CN1CCN(CC(c2cccc(Cl)c2)C2(O)CCCC3CCCCC32)CC1.Cl.Cl. The van der Waals surface area contributed by atoms with Crippen molar-refractivity contribution in [3.63, 3.8) is 0 Å². The Labute approximate surface area is 194 Å². The molecule has 3 aliphatic rings. The molecular weight excluding hydrogens is 427 g/mol. The lowest BCUT2D eigenvalue weighted by Crippen LogP contribution is -2.55. The second-order valence-corrected chi connectivity index (χ2v) is 9.68. The van der Waals surface area contributed by atoms with Crippen LogP contribution in [0.4, 0.5) is 0 Å². The van der Waals surface area contributed by atoms with Crippen LogP contribution in [0.5, 0.6) is 0 Å². The molecule has 1 saturated heterocycles. The number of fused-ring (bicyclic) bond motifs is 1. The zero-order valence-electron chi connectivity index (χ0n) is 17.6. The standard InChI is InChI=1S/C23H35ClN2O.2ClH/c1-25-12-14-26(15-13-25)17-22(19-7-4-9-20(24)16-19)23(27)11-5-8-18-6-2-3-10-21(18)23;;/h4,7,9,16,18,21-22,27H,2-3,5-6,8,10-15,17H2,1H3;2*1H. The molecule has 1 aromatic rings. The second-order valence-electron chi connectivity index (χ2n) is 9.25. The van der Waals surface area contributed by atoms with Crippen molar-refractivity contribution in [2.24, 2.45) is 11.8 Å². The highest BCUT2D eigenvalue weighted by molar-refractivity contribution is 6.30. The van der Waals surface area contributed by atoms with Crippen molar-refractivity contribution in [1.82, 2.24) is 9.80 Å². The van der Waals surface area contributed by atoms with E-state index in [4.69, 9.17) is 11.6 Å². The van der Waals surface area contributed by atoms with Crippen molar-refractivity contribution in [3.8, 4) is 0 Å². The van der Waals surface area contributed by atoms with Crippen LogP contribution >= 0.6 is 36.4 Å². The Hall–Kier alpha value is -0.0300. The molecule has 1 aromatic carbocycles. The molecule has 6 heteroatoms. The number of rotatable bonds is 4. The first kappa shape index (κ1) is 25.2. The predicted molar refractivity (Wildman–Crippen MR) is 127 cm³/mol. The largest absolute Gasteiger partial charge is 0.389 e. The molecule has 0 radical (unpaired) electrons. The highest BCUT2D eigenvalue weighted by Gasteiger charge is 2.50. The maximum atomic E-state index is 12.2. The van der Waals surface area contributed by atoms with Crippen LogP contribution in [0, 0.1) is 11.8 Å². The molecule has 4 unspecified atom stereocenters. The van der Waals surface area contributed by atoms with Gasteiger partial charge in [-0.1, -0.05) is 49.4 Å². The fourth-order valence-corrected chi connectivity index (χ4v) is 6.24. The summed E-state index contributed by atoms with van der Waals surface area (Å²) in [6, 6.07) is 8.30. The predicted octanol–water partition coefficient (Wildman–Crippen LogP) is 5.24. The smallest absolute Gasteiger partial charge is 0.0758 e. The average molecular weight is 464 g/mol. The molecule has 166 valence electrons. The van der Waals surface area contributed by atoms with Gasteiger partial charge in [-0.05, 0) is 55.8 Å². The van der Waals surface area contributed by atoms with E-state index in [-0.39, 0.29) is 30.7 Å². The van der Waals surface area contributed by atoms with Crippen molar-refractivity contribution >= 4 is 36.4 Å². The molecule has 3 nitrogen and oxygen atoms in total. The maximum Gasteiger partial charge on any atom is 0.0758 e. The first-order valence-electron chi connectivity index (χ1n) is 10.9. The zero-order chi connectivity index (χ0) is 18.9. The van der Waals surface area contributed by atoms with Crippen LogP contribution in [0.1, 0.15) is 56.4 Å². The van der Waals surface area contributed by atoms with Crippen LogP contribution in [0.3, 0.4) is 0 Å². The van der Waals surface area contributed by atoms with Gasteiger partial charge in [0.1, 0.15) is 0 Å². The quantitative estimate of drug-likeness (QED) is 0.662. The summed E-state index contributed by atoms with van der Waals surface area (Å²) in [5.41, 5.74) is 0.646. The van der Waals surface area contributed by atoms with Crippen LogP contribution in [-0.4, -0.2) is 60.3 Å². The minimum absolute atomic E-state index is 0. The summed E-state index contributed by atoms with van der Waals surface area (Å²) in [6.45, 7) is 5.38. The maximum absolute atomic E-state index is 12.2. The van der Waals surface area contributed by atoms with Crippen LogP contribution in [0.25, 0.3) is 0 Å². The van der Waals surface area contributed by atoms with E-state index in [1.807, 2.05) is 6.07 Å². The van der Waals surface area contributed by atoms with Crippen LogP contribution in [-0.2, 0) is 0 Å². The van der Waals surface area contributed by atoms with Gasteiger partial charge in [-0.15, -0.1) is 24.8 Å². The molecule has 1 N–H and O–H groups in total. The van der Waals surface area contributed by atoms with Gasteiger partial charge in [-0.25, -0.2) is 0 Å². The third kappa shape index (κ3) is 5.61. The van der Waals surface area contributed by atoms with Crippen LogP contribution in [0.2, 0.25) is 5.02 Å². The first-order valence-corrected chi connectivity index (χ1v) is 11.3. The summed E-state index contributed by atoms with van der Waals surface area (Å²) >= 11 is 6.37. The molecule has 2 aliphatic carbocycles. The normalized spacial score (nSPS) is 31.8. The lowest BCUT2D eigenvalue weighted by Gasteiger charge is -2.52. The minimum Gasteiger partial charge on any atom is -0.389 e. The van der Waals surface area contributed by atoms with Gasteiger partial charge in [-0.2, -0.15) is 0 Å². The molecule has 0 spiro atoms. The number of hydrogen-bond donors (Lipinski definition) is 1. The third-order valence-corrected chi connectivity index (χ3v) is 7.83. The molecule has 3 fully saturated rings. The van der Waals surface area contributed by atoms with E-state index in [0.29, 0.717) is 11.8 Å². The minimum atomic E-state index is -0.586. The van der Waals surface area contributed by atoms with Gasteiger partial charge in [0.25, 0.3) is 0 Å². The molecular formula is C23H37Cl3N2O. The van der Waals surface area contributed by atoms with Crippen molar-refractivity contribution in [3.05, 3.63) is 34.9 Å². The van der Waals surface area contributed by atoms with Crippen LogP contribution < -0.4 is 0 Å². The van der Waals surface area contributed by atoms with Gasteiger partial charge in [0.2, 0.25) is 0 Å². The highest BCUT2D eigenvalue weighted by Crippen LogP contribution is 2.52. The van der Waals surface area contributed by atoms with Crippen molar-refractivity contribution < 1.29 is 5.11 Å². The van der Waals surface area contributed by atoms with E-state index in [1.54, 1.807) is 0 Å². The molecule has 4 atom stereocenters. The Balaban J connectivity index is 0.00000150. The Kier molecular flexibility index (Phi) is 9.59. The van der Waals surface area contributed by atoms with Crippen molar-refractivity contribution in [2.45, 2.75) is 56.5 Å². The Morgan fingerprint density at radius 3 is 2.48 bits per heavy atom. The summed E-state index contributed by atoms with van der Waals surface area (Å²) in [7, 11) is 2.20. The van der Waals surface area contributed by atoms with E-state index in [2.05, 4.69) is 35.0 Å². The van der Waals surface area contributed by atoms with Gasteiger partial charge in [0.15, 0.2) is 0 Å². The van der Waals surface area contributed by atoms with Crippen LogP contribution in [0.15, 0.2) is 24.3 Å². The highest BCUT2D eigenvalue weighted by atomic mass is 35.5. The monoisotopic (exact) mass is 462 g/mol. The Morgan fingerprint density at radius 2 is 1.76 bits per heavy atom. The number of nitrogens with zero attached hydrogens (tertiary/aromatic N) is 2. The number of hydrogen-bond acceptors (Lipinski definition) is 3. The summed E-state index contributed by atoms with van der Waals surface area (Å²) < 4.78 is 0. The number of aliphatic hydroxyl groups is 1. The number of piperazine rings is 1. The third-order valence-electron chi connectivity index (χ3n) is 7.59. The molecule has 0 bridgehead atoms. The number of benzene rings is 1. The van der Waals surface area contributed by atoms with E-state index in [0.717, 1.165) is 50.6 Å². The summed E-state index contributed by atoms with van der Waals surface area (Å²) in [4.78, 5) is 4.97. The Morgan fingerprint density at radius 1 is 1.07 bits per heavy atom. The summed E-state index contributed by atoms with van der Waals surface area (Å²) in [5.74, 6) is 1.33. The van der Waals surface area contributed by atoms with Gasteiger partial charge in [0.05, 0.1) is 5.60 Å². The van der Waals surface area contributed by atoms with Crippen molar-refractivity contribution in [2.75, 3.05) is 39.8 Å². The average Bonchev–Trinajstić information content (AvgIpc) is 2.68. The molecule has 0 amide bonds. The topological polar surface area (TPSA) is 26.7 Å². The van der Waals surface area contributed by atoms with Gasteiger partial charge in [0, 0.05) is 43.7 Å². The molecule has 1 aliphatic heterocycles. The molecule has 1 heterocycles. The number of halogens is 3. The lowest BCUT2D eigenvalue weighted by atomic mass is 9.58. The second kappa shape index (κ2) is 11.0. The summed E-state index contributed by atoms with van der Waals surface area (Å²) in [5, 5.41) is 13.0. The summed E-state index contributed by atoms with van der Waals surface area (Å²) in [6.07, 6.45) is 8.54. The van der Waals surface area contributed by atoms with E-state index in [9.17, 15) is 5.11 Å². The van der Waals surface area contributed by atoms with Crippen molar-refractivity contribution in [1.29, 1.82) is 0 Å². The van der Waals surface area contributed by atoms with E-state index >= 15 is 0 Å². The zero-order valence-corrected chi connectivity index (χ0v) is 20.0.